The fourth-order valence-electron chi connectivity index (χ4n) is 2.22. The highest BCUT2D eigenvalue weighted by molar-refractivity contribution is 7.80. The van der Waals surface area contributed by atoms with E-state index >= 15 is 0 Å². The van der Waals surface area contributed by atoms with Crippen LogP contribution in [0.2, 0.25) is 0 Å². The van der Waals surface area contributed by atoms with Crippen molar-refractivity contribution in [3.05, 3.63) is 29.8 Å². The lowest BCUT2D eigenvalue weighted by molar-refractivity contribution is -0.143. The third-order valence-corrected chi connectivity index (χ3v) is 4.14. The molecule has 3 unspecified atom stereocenters. The number of aromatic hydroxyl groups is 1. The van der Waals surface area contributed by atoms with Crippen molar-refractivity contribution in [1.29, 1.82) is 0 Å². The summed E-state index contributed by atoms with van der Waals surface area (Å²) in [6.45, 7) is 3.34. The van der Waals surface area contributed by atoms with Crippen molar-refractivity contribution in [3.63, 3.8) is 0 Å². The number of carbonyl (C=O) groups excluding carboxylic acids is 2. The predicted octanol–water partition coefficient (Wildman–Crippen LogP) is -0.0980. The molecule has 3 atom stereocenters. The van der Waals surface area contributed by atoms with Crippen molar-refractivity contribution in [2.24, 2.45) is 11.7 Å². The molecule has 0 fully saturated rings. The molecule has 0 saturated heterocycles. The number of carbonyl (C=O) groups is 3. The number of benzene rings is 1. The number of phenolic OH excluding ortho intramolecular Hbond substituents is 1. The molecule has 0 bridgehead atoms. The fourth-order valence-corrected chi connectivity index (χ4v) is 2.48. The van der Waals surface area contributed by atoms with Crippen LogP contribution in [0.1, 0.15) is 19.4 Å². The Morgan fingerprint density at radius 3 is 2.15 bits per heavy atom. The molecule has 9 heteroatoms. The second-order valence-corrected chi connectivity index (χ2v) is 6.65. The van der Waals surface area contributed by atoms with E-state index in [9.17, 15) is 19.5 Å². The number of hydrogen-bond donors (Lipinski definition) is 6. The number of rotatable bonds is 9. The maximum Gasteiger partial charge on any atom is 0.326 e. The summed E-state index contributed by atoms with van der Waals surface area (Å²) in [5.41, 5.74) is 6.62. The van der Waals surface area contributed by atoms with Crippen molar-refractivity contribution in [2.45, 2.75) is 38.4 Å². The number of amides is 2. The van der Waals surface area contributed by atoms with Crippen molar-refractivity contribution in [2.75, 3.05) is 5.75 Å². The highest BCUT2D eigenvalue weighted by atomic mass is 32.1. The van der Waals surface area contributed by atoms with E-state index in [1.165, 1.54) is 12.1 Å². The van der Waals surface area contributed by atoms with Crippen molar-refractivity contribution in [1.82, 2.24) is 10.6 Å². The Balaban J connectivity index is 2.67. The van der Waals surface area contributed by atoms with Crippen LogP contribution in [0, 0.1) is 5.92 Å². The molecule has 0 aliphatic rings. The number of thiol groups is 1. The molecule has 8 nitrogen and oxygen atoms in total. The average molecular weight is 383 g/mol. The predicted molar refractivity (Wildman–Crippen MR) is 100.0 cm³/mol. The Kier molecular flexibility index (Phi) is 8.40. The molecule has 0 spiro atoms. The molecule has 6 N–H and O–H groups in total. The second-order valence-electron chi connectivity index (χ2n) is 6.29. The number of hydrogen-bond acceptors (Lipinski definition) is 6. The van der Waals surface area contributed by atoms with Crippen molar-refractivity contribution in [3.8, 4) is 5.75 Å². The van der Waals surface area contributed by atoms with Crippen molar-refractivity contribution >= 4 is 30.4 Å². The Labute approximate surface area is 157 Å². The summed E-state index contributed by atoms with van der Waals surface area (Å²) < 4.78 is 0. The van der Waals surface area contributed by atoms with E-state index < -0.39 is 35.9 Å². The molecule has 0 heterocycles. The number of nitrogens with one attached hydrogen (secondary N) is 2. The molecule has 0 aliphatic carbocycles. The van der Waals surface area contributed by atoms with Gasteiger partial charge in [-0.25, -0.2) is 4.79 Å². The number of phenols is 1. The van der Waals surface area contributed by atoms with Crippen LogP contribution in [0.25, 0.3) is 0 Å². The zero-order valence-corrected chi connectivity index (χ0v) is 15.6. The zero-order valence-electron chi connectivity index (χ0n) is 14.7. The van der Waals surface area contributed by atoms with Gasteiger partial charge in [-0.2, -0.15) is 12.6 Å². The molecule has 2 amide bonds. The van der Waals surface area contributed by atoms with Gasteiger partial charge in [-0.3, -0.25) is 9.59 Å². The summed E-state index contributed by atoms with van der Waals surface area (Å²) in [6.07, 6.45) is 0.219. The maximum absolute atomic E-state index is 12.2. The van der Waals surface area contributed by atoms with Crippen LogP contribution < -0.4 is 16.4 Å². The molecule has 1 aromatic carbocycles. The van der Waals surface area contributed by atoms with Crippen LogP contribution in [0.5, 0.6) is 5.75 Å². The van der Waals surface area contributed by atoms with Gasteiger partial charge in [0, 0.05) is 5.75 Å². The Bertz CT molecular complexity index is 636. The van der Waals surface area contributed by atoms with Gasteiger partial charge in [0.15, 0.2) is 0 Å². The number of aliphatic carboxylic acids is 1. The molecule has 26 heavy (non-hydrogen) atoms. The third-order valence-electron chi connectivity index (χ3n) is 3.77. The van der Waals surface area contributed by atoms with Gasteiger partial charge in [-0.05, 0) is 30.0 Å². The molecular weight excluding hydrogens is 358 g/mol. The van der Waals surface area contributed by atoms with E-state index in [0.717, 1.165) is 5.56 Å². The summed E-state index contributed by atoms with van der Waals surface area (Å²) in [7, 11) is 0. The quantitative estimate of drug-likeness (QED) is 0.329. The van der Waals surface area contributed by atoms with Gasteiger partial charge in [0.25, 0.3) is 0 Å². The first-order valence-corrected chi connectivity index (χ1v) is 8.76. The number of carboxylic acid groups (broad SMARTS) is 1. The lowest BCUT2D eigenvalue weighted by atomic mass is 10.0. The molecule has 1 aromatic rings. The van der Waals surface area contributed by atoms with E-state index in [4.69, 9.17) is 10.8 Å². The van der Waals surface area contributed by atoms with Gasteiger partial charge >= 0.3 is 5.97 Å². The first-order valence-electron chi connectivity index (χ1n) is 8.13. The number of carboxylic acids is 1. The van der Waals surface area contributed by atoms with Gasteiger partial charge < -0.3 is 26.6 Å². The van der Waals surface area contributed by atoms with E-state index in [1.54, 1.807) is 26.0 Å². The molecule has 0 aliphatic heterocycles. The van der Waals surface area contributed by atoms with Gasteiger partial charge in [0.1, 0.15) is 17.8 Å². The molecule has 0 radical (unpaired) electrons. The molecule has 0 aromatic heterocycles. The highest BCUT2D eigenvalue weighted by Crippen LogP contribution is 2.11. The Morgan fingerprint density at radius 2 is 1.69 bits per heavy atom. The van der Waals surface area contributed by atoms with Gasteiger partial charge in [0.2, 0.25) is 11.8 Å². The van der Waals surface area contributed by atoms with Crippen LogP contribution in [0.15, 0.2) is 24.3 Å². The summed E-state index contributed by atoms with van der Waals surface area (Å²) in [5, 5.41) is 23.3. The van der Waals surface area contributed by atoms with E-state index in [-0.39, 0.29) is 23.8 Å². The van der Waals surface area contributed by atoms with Crippen molar-refractivity contribution < 1.29 is 24.6 Å². The SMILES string of the molecule is CC(C)C(NC(=O)C(CS)NC(=O)C(N)Cc1ccc(O)cc1)C(=O)O. The minimum atomic E-state index is -1.15. The minimum absolute atomic E-state index is 0.00601. The lowest BCUT2D eigenvalue weighted by Gasteiger charge is -2.23. The monoisotopic (exact) mass is 383 g/mol. The lowest BCUT2D eigenvalue weighted by Crippen LogP contribution is -2.56. The second kappa shape index (κ2) is 10.0. The smallest absolute Gasteiger partial charge is 0.326 e. The molecule has 1 rings (SSSR count). The zero-order chi connectivity index (χ0) is 19.9. The standard InChI is InChI=1S/C17H25N3O5S/c1-9(2)14(17(24)25)20-16(23)13(8-26)19-15(22)12(18)7-10-3-5-11(21)6-4-10/h3-6,9,12-14,21,26H,7-8,18H2,1-2H3,(H,19,22)(H,20,23)(H,24,25). The van der Waals surface area contributed by atoms with Crippen LogP contribution in [-0.4, -0.2) is 51.9 Å². The van der Waals surface area contributed by atoms with E-state index in [0.29, 0.717) is 0 Å². The maximum atomic E-state index is 12.2. The van der Waals surface area contributed by atoms with Gasteiger partial charge in [0.05, 0.1) is 6.04 Å². The van der Waals surface area contributed by atoms with Crippen LogP contribution >= 0.6 is 12.6 Å². The average Bonchev–Trinajstić information content (AvgIpc) is 2.58. The molecular formula is C17H25N3O5S. The minimum Gasteiger partial charge on any atom is -0.508 e. The summed E-state index contributed by atoms with van der Waals surface area (Å²) in [6, 6.07) is 3.29. The van der Waals surface area contributed by atoms with E-state index in [2.05, 4.69) is 23.3 Å². The first kappa shape index (κ1) is 21.8. The summed E-state index contributed by atoms with van der Waals surface area (Å²) in [5.74, 6) is -2.55. The van der Waals surface area contributed by atoms with Crippen LogP contribution in [-0.2, 0) is 20.8 Å². The summed E-state index contributed by atoms with van der Waals surface area (Å²) >= 11 is 4.04. The summed E-state index contributed by atoms with van der Waals surface area (Å²) in [4.78, 5) is 35.7. The third kappa shape index (κ3) is 6.57. The molecule has 144 valence electrons. The first-order chi connectivity index (χ1) is 12.1. The van der Waals surface area contributed by atoms with Crippen LogP contribution in [0.3, 0.4) is 0 Å². The fraction of sp³-hybridized carbons (Fsp3) is 0.471. The number of nitrogens with two attached hydrogens (primary N) is 1. The van der Waals surface area contributed by atoms with Gasteiger partial charge in [-0.15, -0.1) is 0 Å². The normalized spacial score (nSPS) is 14.3. The topological polar surface area (TPSA) is 142 Å². The highest BCUT2D eigenvalue weighted by Gasteiger charge is 2.28. The Hall–Kier alpha value is -2.26. The van der Waals surface area contributed by atoms with Crippen LogP contribution in [0.4, 0.5) is 0 Å². The van der Waals surface area contributed by atoms with Gasteiger partial charge in [-0.1, -0.05) is 26.0 Å². The Morgan fingerprint density at radius 1 is 1.12 bits per heavy atom. The largest absolute Gasteiger partial charge is 0.508 e. The molecule has 0 saturated carbocycles. The van der Waals surface area contributed by atoms with E-state index in [1.807, 2.05) is 0 Å².